The Morgan fingerprint density at radius 1 is 1.33 bits per heavy atom. The summed E-state index contributed by atoms with van der Waals surface area (Å²) in [5.74, 6) is -1.26. The van der Waals surface area contributed by atoms with Gasteiger partial charge in [-0.15, -0.1) is 0 Å². The maximum atomic E-state index is 11.9. The number of aliphatic carboxylic acids is 1. The van der Waals surface area contributed by atoms with E-state index in [9.17, 15) is 13.2 Å². The molecule has 100 valence electrons. The van der Waals surface area contributed by atoms with Crippen LogP contribution >= 0.6 is 0 Å². The molecule has 0 fully saturated rings. The zero-order valence-corrected chi connectivity index (χ0v) is 11.2. The molecule has 6 heteroatoms. The fourth-order valence-corrected chi connectivity index (χ4v) is 2.78. The van der Waals surface area contributed by atoms with Crippen LogP contribution < -0.4 is 0 Å². The van der Waals surface area contributed by atoms with Crippen LogP contribution in [0.15, 0.2) is 30.3 Å². The van der Waals surface area contributed by atoms with E-state index in [1.54, 1.807) is 24.3 Å². The Morgan fingerprint density at radius 3 is 2.33 bits per heavy atom. The number of hydrogen-bond acceptors (Lipinski definition) is 3. The van der Waals surface area contributed by atoms with E-state index in [1.165, 1.54) is 13.8 Å². The molecular formula is C12H17NO4S. The first-order valence-electron chi connectivity index (χ1n) is 5.64. The van der Waals surface area contributed by atoms with E-state index >= 15 is 0 Å². The Kier molecular flexibility index (Phi) is 4.86. The lowest BCUT2D eigenvalue weighted by atomic mass is 10.2. The second kappa shape index (κ2) is 5.97. The van der Waals surface area contributed by atoms with Crippen molar-refractivity contribution in [3.05, 3.63) is 35.9 Å². The highest BCUT2D eigenvalue weighted by Gasteiger charge is 2.30. The molecule has 1 atom stereocenters. The molecule has 0 heterocycles. The molecule has 0 spiro atoms. The van der Waals surface area contributed by atoms with Gasteiger partial charge in [0.05, 0.1) is 5.75 Å². The minimum atomic E-state index is -3.55. The number of rotatable bonds is 6. The number of hydrogen-bond donors (Lipinski definition) is 1. The third kappa shape index (κ3) is 3.54. The third-order valence-electron chi connectivity index (χ3n) is 2.69. The Labute approximate surface area is 107 Å². The quantitative estimate of drug-likeness (QED) is 0.846. The molecule has 0 aliphatic carbocycles. The standard InChI is InChI=1S/C12H17NO4S/c1-3-18(16,17)13(10(2)12(14)15)9-11-7-5-4-6-8-11/h4-8,10H,3,9H2,1-2H3,(H,14,15). The van der Waals surface area contributed by atoms with Crippen molar-refractivity contribution in [2.45, 2.75) is 26.4 Å². The molecule has 1 rings (SSSR count). The summed E-state index contributed by atoms with van der Waals surface area (Å²) in [6, 6.07) is 7.87. The lowest BCUT2D eigenvalue weighted by molar-refractivity contribution is -0.141. The molecule has 5 nitrogen and oxygen atoms in total. The van der Waals surface area contributed by atoms with E-state index in [1.807, 2.05) is 6.07 Å². The van der Waals surface area contributed by atoms with E-state index < -0.39 is 22.0 Å². The van der Waals surface area contributed by atoms with Gasteiger partial charge in [0.15, 0.2) is 0 Å². The molecule has 0 saturated carbocycles. The van der Waals surface area contributed by atoms with Crippen LogP contribution in [0.25, 0.3) is 0 Å². The highest BCUT2D eigenvalue weighted by molar-refractivity contribution is 7.89. The summed E-state index contributed by atoms with van der Waals surface area (Å²) < 4.78 is 24.8. The van der Waals surface area contributed by atoms with Crippen molar-refractivity contribution in [3.63, 3.8) is 0 Å². The summed E-state index contributed by atoms with van der Waals surface area (Å²) in [6.45, 7) is 2.95. The summed E-state index contributed by atoms with van der Waals surface area (Å²) in [5, 5.41) is 8.98. The van der Waals surface area contributed by atoms with E-state index in [0.29, 0.717) is 0 Å². The van der Waals surface area contributed by atoms with Crippen LogP contribution in [0.3, 0.4) is 0 Å². The first kappa shape index (κ1) is 14.7. The molecule has 1 aromatic carbocycles. The van der Waals surface area contributed by atoms with Gasteiger partial charge in [0, 0.05) is 6.54 Å². The van der Waals surface area contributed by atoms with Gasteiger partial charge >= 0.3 is 5.97 Å². The van der Waals surface area contributed by atoms with Gasteiger partial charge < -0.3 is 5.11 Å². The molecule has 18 heavy (non-hydrogen) atoms. The van der Waals surface area contributed by atoms with Gasteiger partial charge in [-0.05, 0) is 19.4 Å². The van der Waals surface area contributed by atoms with Crippen LogP contribution in [-0.2, 0) is 21.4 Å². The zero-order chi connectivity index (χ0) is 13.8. The van der Waals surface area contributed by atoms with Crippen molar-refractivity contribution in [1.29, 1.82) is 0 Å². The van der Waals surface area contributed by atoms with Crippen LogP contribution in [0.4, 0.5) is 0 Å². The van der Waals surface area contributed by atoms with Crippen molar-refractivity contribution in [1.82, 2.24) is 4.31 Å². The van der Waals surface area contributed by atoms with Crippen LogP contribution in [0.5, 0.6) is 0 Å². The second-order valence-corrected chi connectivity index (χ2v) is 6.16. The monoisotopic (exact) mass is 271 g/mol. The Hall–Kier alpha value is -1.40. The molecule has 0 saturated heterocycles. The number of nitrogens with zero attached hydrogens (tertiary/aromatic N) is 1. The van der Waals surface area contributed by atoms with Gasteiger partial charge in [-0.2, -0.15) is 4.31 Å². The molecule has 0 aliphatic heterocycles. The molecule has 0 aromatic heterocycles. The minimum Gasteiger partial charge on any atom is -0.480 e. The fourth-order valence-electron chi connectivity index (χ4n) is 1.53. The highest BCUT2D eigenvalue weighted by Crippen LogP contribution is 2.14. The van der Waals surface area contributed by atoms with Gasteiger partial charge in [0.2, 0.25) is 10.0 Å². The molecule has 1 N–H and O–H groups in total. The van der Waals surface area contributed by atoms with Crippen molar-refractivity contribution < 1.29 is 18.3 Å². The topological polar surface area (TPSA) is 74.7 Å². The van der Waals surface area contributed by atoms with Gasteiger partial charge in [-0.1, -0.05) is 30.3 Å². The van der Waals surface area contributed by atoms with E-state index in [4.69, 9.17) is 5.11 Å². The third-order valence-corrected chi connectivity index (χ3v) is 4.58. The molecule has 0 bridgehead atoms. The van der Waals surface area contributed by atoms with Gasteiger partial charge in [-0.25, -0.2) is 8.42 Å². The van der Waals surface area contributed by atoms with E-state index in [-0.39, 0.29) is 12.3 Å². The largest absolute Gasteiger partial charge is 0.480 e. The predicted molar refractivity (Wildman–Crippen MR) is 68.5 cm³/mol. The number of carboxylic acids is 1. The number of carboxylic acid groups (broad SMARTS) is 1. The first-order chi connectivity index (χ1) is 8.38. The lowest BCUT2D eigenvalue weighted by Gasteiger charge is -2.25. The van der Waals surface area contributed by atoms with Crippen molar-refractivity contribution >= 4 is 16.0 Å². The Bertz CT molecular complexity index is 498. The Morgan fingerprint density at radius 2 is 1.89 bits per heavy atom. The first-order valence-corrected chi connectivity index (χ1v) is 7.25. The zero-order valence-electron chi connectivity index (χ0n) is 10.4. The summed E-state index contributed by atoms with van der Waals surface area (Å²) in [5.41, 5.74) is 0.766. The van der Waals surface area contributed by atoms with Gasteiger partial charge in [0.1, 0.15) is 6.04 Å². The smallest absolute Gasteiger partial charge is 0.321 e. The molecule has 1 aromatic rings. The normalized spacial score (nSPS) is 13.5. The molecule has 0 amide bonds. The van der Waals surface area contributed by atoms with Crippen LogP contribution in [0, 0.1) is 0 Å². The van der Waals surface area contributed by atoms with Gasteiger partial charge in [-0.3, -0.25) is 4.79 Å². The average Bonchev–Trinajstić information content (AvgIpc) is 2.36. The van der Waals surface area contributed by atoms with E-state index in [0.717, 1.165) is 9.87 Å². The predicted octanol–water partition coefficient (Wildman–Crippen LogP) is 1.31. The number of sulfonamides is 1. The summed E-state index contributed by atoms with van der Waals surface area (Å²) in [6.07, 6.45) is 0. The Balaban J connectivity index is 3.03. The SMILES string of the molecule is CCS(=O)(=O)N(Cc1ccccc1)C(C)C(=O)O. The summed E-state index contributed by atoms with van der Waals surface area (Å²) in [7, 11) is -3.55. The van der Waals surface area contributed by atoms with Crippen molar-refractivity contribution in [3.8, 4) is 0 Å². The minimum absolute atomic E-state index is 0.0739. The number of benzene rings is 1. The van der Waals surface area contributed by atoms with Crippen LogP contribution in [0.2, 0.25) is 0 Å². The highest BCUT2D eigenvalue weighted by atomic mass is 32.2. The van der Waals surface area contributed by atoms with Crippen molar-refractivity contribution in [2.24, 2.45) is 0 Å². The van der Waals surface area contributed by atoms with Crippen LogP contribution in [-0.4, -0.2) is 35.6 Å². The van der Waals surface area contributed by atoms with Gasteiger partial charge in [0.25, 0.3) is 0 Å². The molecule has 0 aliphatic rings. The molecule has 1 unspecified atom stereocenters. The summed E-state index contributed by atoms with van der Waals surface area (Å²) in [4.78, 5) is 11.0. The maximum absolute atomic E-state index is 11.9. The fraction of sp³-hybridized carbons (Fsp3) is 0.417. The summed E-state index contributed by atoms with van der Waals surface area (Å²) >= 11 is 0. The van der Waals surface area contributed by atoms with Crippen LogP contribution in [0.1, 0.15) is 19.4 Å². The molecule has 0 radical (unpaired) electrons. The number of carbonyl (C=O) groups is 1. The lowest BCUT2D eigenvalue weighted by Crippen LogP contribution is -2.43. The maximum Gasteiger partial charge on any atom is 0.321 e. The average molecular weight is 271 g/mol. The molecular weight excluding hydrogens is 254 g/mol. The van der Waals surface area contributed by atoms with E-state index in [2.05, 4.69) is 0 Å². The van der Waals surface area contributed by atoms with Crippen molar-refractivity contribution in [2.75, 3.05) is 5.75 Å². The second-order valence-electron chi connectivity index (χ2n) is 3.95.